The normalized spacial score (nSPS) is 11.4. The minimum atomic E-state index is 0.424. The van der Waals surface area contributed by atoms with E-state index in [1.54, 1.807) is 24.2 Å². The fourth-order valence-corrected chi connectivity index (χ4v) is 3.47. The zero-order valence-corrected chi connectivity index (χ0v) is 18.6. The highest BCUT2D eigenvalue weighted by Crippen LogP contribution is 2.30. The number of hydrogen-bond donors (Lipinski definition) is 2. The molecule has 0 bridgehead atoms. The number of aryl methyl sites for hydroxylation is 1. The molecule has 2 radical (unpaired) electrons. The first kappa shape index (κ1) is 22.2. The molecule has 33 heavy (non-hydrogen) atoms. The maximum atomic E-state index is 6.31. The molecule has 3 heterocycles. The number of H-pyrrole nitrogens is 1. The van der Waals surface area contributed by atoms with E-state index in [-0.39, 0.29) is 0 Å². The molecule has 4 rings (SSSR count). The van der Waals surface area contributed by atoms with Gasteiger partial charge in [-0.25, -0.2) is 15.0 Å². The van der Waals surface area contributed by atoms with Gasteiger partial charge in [-0.1, -0.05) is 18.2 Å². The lowest BCUT2D eigenvalue weighted by molar-refractivity contribution is 0.412. The van der Waals surface area contributed by atoms with Gasteiger partial charge in [0.25, 0.3) is 0 Å². The Bertz CT molecular complexity index is 1240. The Balaban J connectivity index is 1.62. The van der Waals surface area contributed by atoms with Crippen molar-refractivity contribution < 1.29 is 4.74 Å². The van der Waals surface area contributed by atoms with Crippen LogP contribution in [0.15, 0.2) is 65.8 Å². The maximum absolute atomic E-state index is 6.31. The van der Waals surface area contributed by atoms with Gasteiger partial charge in [0.2, 0.25) is 0 Å². The first-order valence-electron chi connectivity index (χ1n) is 10.4. The third-order valence-electron chi connectivity index (χ3n) is 5.02. The molecule has 0 spiro atoms. The van der Waals surface area contributed by atoms with Crippen molar-refractivity contribution in [1.82, 2.24) is 24.7 Å². The molecule has 0 aliphatic heterocycles. The van der Waals surface area contributed by atoms with E-state index >= 15 is 0 Å². The summed E-state index contributed by atoms with van der Waals surface area (Å²) < 4.78 is 5.21. The molecular weight excluding hydrogens is 413 g/mol. The number of hydrogen-bond acceptors (Lipinski definition) is 6. The van der Waals surface area contributed by atoms with Crippen LogP contribution >= 0.6 is 0 Å². The molecule has 0 unspecified atom stereocenters. The third-order valence-corrected chi connectivity index (χ3v) is 5.02. The van der Waals surface area contributed by atoms with E-state index < -0.39 is 0 Å². The van der Waals surface area contributed by atoms with E-state index in [1.807, 2.05) is 55.5 Å². The van der Waals surface area contributed by atoms with Crippen LogP contribution in [0.25, 0.3) is 22.6 Å². The number of ether oxygens (including phenoxy) is 1. The van der Waals surface area contributed by atoms with E-state index in [0.717, 1.165) is 45.5 Å². The number of pyridine rings is 2. The van der Waals surface area contributed by atoms with Crippen molar-refractivity contribution in [3.63, 3.8) is 0 Å². The average molecular weight is 437 g/mol. The van der Waals surface area contributed by atoms with Gasteiger partial charge < -0.3 is 20.3 Å². The maximum Gasteiger partial charge on any atom is 0.183 e. The zero-order valence-electron chi connectivity index (χ0n) is 18.6. The Hall–Kier alpha value is -3.98. The van der Waals surface area contributed by atoms with Crippen LogP contribution in [0.2, 0.25) is 0 Å². The van der Waals surface area contributed by atoms with Crippen LogP contribution in [-0.4, -0.2) is 46.2 Å². The summed E-state index contributed by atoms with van der Waals surface area (Å²) in [5.74, 6) is 2.06. The number of rotatable bonds is 8. The molecule has 0 aliphatic rings. The number of aromatic nitrogens is 4. The summed E-state index contributed by atoms with van der Waals surface area (Å²) >= 11 is 0. The summed E-state index contributed by atoms with van der Waals surface area (Å²) in [7, 11) is 7.96. The van der Waals surface area contributed by atoms with Crippen molar-refractivity contribution in [2.75, 3.05) is 7.11 Å². The monoisotopic (exact) mass is 437 g/mol. The van der Waals surface area contributed by atoms with Crippen LogP contribution in [0.4, 0.5) is 5.82 Å². The van der Waals surface area contributed by atoms with Gasteiger partial charge >= 0.3 is 0 Å². The van der Waals surface area contributed by atoms with Crippen molar-refractivity contribution in [3.05, 3.63) is 77.9 Å². The summed E-state index contributed by atoms with van der Waals surface area (Å²) in [5, 5.41) is 0. The second kappa shape index (κ2) is 10.1. The molecular formula is C24H24BN7O. The summed E-state index contributed by atoms with van der Waals surface area (Å²) in [6, 6.07) is 17.4. The summed E-state index contributed by atoms with van der Waals surface area (Å²) in [5.41, 5.74) is 10.5. The Morgan fingerprint density at radius 2 is 1.91 bits per heavy atom. The summed E-state index contributed by atoms with van der Waals surface area (Å²) in [6.07, 6.45) is 2.94. The molecule has 9 heteroatoms. The number of aromatic amines is 1. The number of nitrogens with one attached hydrogen (secondary N) is 1. The van der Waals surface area contributed by atoms with Crippen LogP contribution in [0.3, 0.4) is 0 Å². The van der Waals surface area contributed by atoms with Crippen LogP contribution in [0, 0.1) is 6.92 Å². The van der Waals surface area contributed by atoms with Crippen molar-refractivity contribution in [1.29, 1.82) is 0 Å². The lowest BCUT2D eigenvalue weighted by Gasteiger charge is -2.16. The van der Waals surface area contributed by atoms with Crippen LogP contribution in [0.1, 0.15) is 17.1 Å². The van der Waals surface area contributed by atoms with Crippen LogP contribution in [-0.2, 0) is 13.1 Å². The van der Waals surface area contributed by atoms with Gasteiger partial charge in [-0.2, -0.15) is 0 Å². The summed E-state index contributed by atoms with van der Waals surface area (Å²) in [4.78, 5) is 22.9. The smallest absolute Gasteiger partial charge is 0.183 e. The van der Waals surface area contributed by atoms with E-state index in [1.165, 1.54) is 6.34 Å². The first-order chi connectivity index (χ1) is 16.1. The molecule has 0 amide bonds. The highest BCUT2D eigenvalue weighted by Gasteiger charge is 2.17. The van der Waals surface area contributed by atoms with Gasteiger partial charge in [-0.05, 0) is 48.9 Å². The molecule has 0 saturated heterocycles. The molecule has 4 aromatic rings. The number of aliphatic imine (C=N–C) groups is 1. The number of benzene rings is 1. The van der Waals surface area contributed by atoms with Crippen LogP contribution < -0.4 is 10.5 Å². The molecule has 0 atom stereocenters. The number of methoxy groups -OCH3 is 1. The average Bonchev–Trinajstić information content (AvgIpc) is 3.24. The largest absolute Gasteiger partial charge is 0.497 e. The fraction of sp³-hybridized carbons (Fsp3) is 0.167. The van der Waals surface area contributed by atoms with E-state index in [4.69, 9.17) is 23.4 Å². The third kappa shape index (κ3) is 5.45. The highest BCUT2D eigenvalue weighted by atomic mass is 16.5. The van der Waals surface area contributed by atoms with Crippen molar-refractivity contribution in [2.24, 2.45) is 10.7 Å². The Morgan fingerprint density at radius 1 is 1.09 bits per heavy atom. The molecule has 0 fully saturated rings. The Morgan fingerprint density at radius 3 is 2.58 bits per heavy atom. The fourth-order valence-electron chi connectivity index (χ4n) is 3.47. The molecule has 164 valence electrons. The minimum absolute atomic E-state index is 0.424. The Kier molecular flexibility index (Phi) is 6.80. The van der Waals surface area contributed by atoms with Gasteiger partial charge in [0.05, 0.1) is 30.5 Å². The first-order valence-corrected chi connectivity index (χ1v) is 10.4. The topological polar surface area (TPSA) is 105 Å². The second-order valence-corrected chi connectivity index (χ2v) is 7.51. The van der Waals surface area contributed by atoms with Gasteiger partial charge in [-0.3, -0.25) is 4.98 Å². The molecule has 0 saturated carbocycles. The standard InChI is InChI=1S/C24H24BN7O/c1-16-4-3-5-20(29-16)24-23(18-8-11-21(27-12-18)28-15-26)30-22(31-24)14-32(25)13-17-6-9-19(33-2)10-7-17/h3-12,15H,13-14H2,1-2H3,(H,30,31)(H2,26,27,28). The lowest BCUT2D eigenvalue weighted by atomic mass is 10.1. The number of nitrogens with two attached hydrogens (primary N) is 1. The van der Waals surface area contributed by atoms with Gasteiger partial charge in [0, 0.05) is 30.5 Å². The SMILES string of the molecule is [B]N(Cc1ccc(OC)cc1)Cc1nc(-c2ccc(N=CN)nc2)c(-c2cccc(C)n2)[nH]1. The van der Waals surface area contributed by atoms with Gasteiger partial charge in [0.1, 0.15) is 11.6 Å². The van der Waals surface area contributed by atoms with Crippen LogP contribution in [0.5, 0.6) is 5.75 Å². The minimum Gasteiger partial charge on any atom is -0.497 e. The molecule has 1 aromatic carbocycles. The summed E-state index contributed by atoms with van der Waals surface area (Å²) in [6.45, 7) is 2.94. The van der Waals surface area contributed by atoms with E-state index in [9.17, 15) is 0 Å². The molecule has 3 aromatic heterocycles. The molecule has 0 aliphatic carbocycles. The molecule has 3 N–H and O–H groups in total. The Labute approximate surface area is 194 Å². The van der Waals surface area contributed by atoms with E-state index in [2.05, 4.69) is 19.9 Å². The number of imidazole rings is 1. The number of nitrogens with zero attached hydrogens (tertiary/aromatic N) is 5. The second-order valence-electron chi connectivity index (χ2n) is 7.51. The van der Waals surface area contributed by atoms with Gasteiger partial charge in [-0.15, -0.1) is 0 Å². The zero-order chi connectivity index (χ0) is 23.2. The quantitative estimate of drug-likeness (QED) is 0.248. The van der Waals surface area contributed by atoms with Crippen molar-refractivity contribution in [3.8, 4) is 28.4 Å². The molecule has 8 nitrogen and oxygen atoms in total. The van der Waals surface area contributed by atoms with Crippen molar-refractivity contribution in [2.45, 2.75) is 20.0 Å². The van der Waals surface area contributed by atoms with Gasteiger partial charge in [0.15, 0.2) is 13.8 Å². The van der Waals surface area contributed by atoms with Crippen molar-refractivity contribution >= 4 is 20.1 Å². The predicted molar refractivity (Wildman–Crippen MR) is 130 cm³/mol. The van der Waals surface area contributed by atoms with E-state index in [0.29, 0.717) is 18.9 Å². The lowest BCUT2D eigenvalue weighted by Crippen LogP contribution is -2.19. The predicted octanol–water partition coefficient (Wildman–Crippen LogP) is 3.55. The highest BCUT2D eigenvalue weighted by molar-refractivity contribution is 6.04.